The van der Waals surface area contributed by atoms with Crippen LogP contribution in [0.4, 0.5) is 4.39 Å². The molecule has 2 aromatic rings. The molecule has 0 radical (unpaired) electrons. The smallest absolute Gasteiger partial charge is 0.261 e. The molecule has 1 aromatic heterocycles. The third kappa shape index (κ3) is 3.24. The minimum atomic E-state index is -3.87. The minimum Gasteiger partial charge on any atom is -0.495 e. The molecule has 1 aliphatic carbocycles. The first kappa shape index (κ1) is 18.4. The molecule has 1 saturated carbocycles. The first-order chi connectivity index (χ1) is 12.9. The van der Waals surface area contributed by atoms with Crippen LogP contribution in [0, 0.1) is 11.7 Å². The second kappa shape index (κ2) is 6.88. The van der Waals surface area contributed by atoms with Gasteiger partial charge >= 0.3 is 0 Å². The number of piperidine rings is 1. The molecule has 9 heteroatoms. The fourth-order valence-electron chi connectivity index (χ4n) is 4.01. The van der Waals surface area contributed by atoms with Gasteiger partial charge < -0.3 is 10.1 Å². The van der Waals surface area contributed by atoms with E-state index in [9.17, 15) is 17.6 Å². The molecule has 1 saturated heterocycles. The Morgan fingerprint density at radius 1 is 1.33 bits per heavy atom. The molecule has 27 heavy (non-hydrogen) atoms. The lowest BCUT2D eigenvalue weighted by Crippen LogP contribution is -2.47. The van der Waals surface area contributed by atoms with Crippen molar-refractivity contribution in [3.8, 4) is 5.75 Å². The lowest BCUT2D eigenvalue weighted by Gasteiger charge is -2.31. The molecule has 6 nitrogen and oxygen atoms in total. The van der Waals surface area contributed by atoms with Crippen LogP contribution < -0.4 is 10.1 Å². The van der Waals surface area contributed by atoms with E-state index in [4.69, 9.17) is 4.74 Å². The van der Waals surface area contributed by atoms with Crippen molar-refractivity contribution in [3.05, 3.63) is 46.4 Å². The zero-order chi connectivity index (χ0) is 19.2. The summed E-state index contributed by atoms with van der Waals surface area (Å²) in [6.07, 6.45) is 1.24. The number of carbonyl (C=O) groups is 1. The van der Waals surface area contributed by atoms with E-state index in [2.05, 4.69) is 5.32 Å². The number of amides is 1. The van der Waals surface area contributed by atoms with Crippen LogP contribution in [0.15, 0.2) is 40.6 Å². The van der Waals surface area contributed by atoms with Gasteiger partial charge in [-0.15, -0.1) is 11.3 Å². The first-order valence-electron chi connectivity index (χ1n) is 8.60. The van der Waals surface area contributed by atoms with Crippen LogP contribution in [0.25, 0.3) is 0 Å². The van der Waals surface area contributed by atoms with Gasteiger partial charge in [-0.2, -0.15) is 4.31 Å². The maximum atomic E-state index is 13.6. The largest absolute Gasteiger partial charge is 0.495 e. The summed E-state index contributed by atoms with van der Waals surface area (Å²) in [5.74, 6) is -0.571. The Morgan fingerprint density at radius 2 is 2.15 bits per heavy atom. The summed E-state index contributed by atoms with van der Waals surface area (Å²) in [6.45, 7) is 0.308. The van der Waals surface area contributed by atoms with Crippen molar-refractivity contribution in [2.45, 2.75) is 29.8 Å². The Balaban J connectivity index is 1.51. The van der Waals surface area contributed by atoms with Gasteiger partial charge in [0.2, 0.25) is 10.0 Å². The van der Waals surface area contributed by atoms with Crippen molar-refractivity contribution >= 4 is 27.3 Å². The van der Waals surface area contributed by atoms with Gasteiger partial charge in [0, 0.05) is 18.6 Å². The molecule has 1 aromatic carbocycles. The third-order valence-electron chi connectivity index (χ3n) is 5.27. The van der Waals surface area contributed by atoms with E-state index < -0.39 is 15.8 Å². The molecule has 3 atom stereocenters. The third-order valence-corrected chi connectivity index (χ3v) is 8.07. The number of nitrogens with one attached hydrogen (secondary N) is 1. The second-order valence-corrected chi connectivity index (χ2v) is 9.62. The minimum absolute atomic E-state index is 0.0493. The predicted molar refractivity (Wildman–Crippen MR) is 98.9 cm³/mol. The van der Waals surface area contributed by atoms with Crippen molar-refractivity contribution in [3.63, 3.8) is 0 Å². The highest BCUT2D eigenvalue weighted by atomic mass is 32.2. The molecule has 1 amide bonds. The predicted octanol–water partition coefficient (Wildman–Crippen LogP) is 2.48. The molecule has 4 rings (SSSR count). The van der Waals surface area contributed by atoms with E-state index in [0.717, 1.165) is 6.07 Å². The Hall–Kier alpha value is -1.97. The molecule has 144 valence electrons. The van der Waals surface area contributed by atoms with Crippen molar-refractivity contribution in [1.82, 2.24) is 9.62 Å². The van der Waals surface area contributed by atoms with Crippen LogP contribution in [-0.4, -0.2) is 44.4 Å². The van der Waals surface area contributed by atoms with Crippen LogP contribution in [0.1, 0.15) is 22.5 Å². The second-order valence-electron chi connectivity index (χ2n) is 6.81. The van der Waals surface area contributed by atoms with Gasteiger partial charge in [-0.1, -0.05) is 6.07 Å². The lowest BCUT2D eigenvalue weighted by molar-refractivity contribution is 0.0923. The van der Waals surface area contributed by atoms with Gasteiger partial charge in [-0.05, 0) is 48.4 Å². The van der Waals surface area contributed by atoms with E-state index in [-0.39, 0.29) is 34.6 Å². The quantitative estimate of drug-likeness (QED) is 0.822. The molecule has 1 aliphatic heterocycles. The average Bonchev–Trinajstić information content (AvgIpc) is 3.38. The van der Waals surface area contributed by atoms with Crippen LogP contribution in [0.5, 0.6) is 5.75 Å². The molecule has 1 N–H and O–H groups in total. The number of methoxy groups -OCH3 is 1. The molecule has 0 spiro atoms. The number of hydrogen-bond donors (Lipinski definition) is 1. The van der Waals surface area contributed by atoms with Gasteiger partial charge in [-0.25, -0.2) is 12.8 Å². The molecular weight excluding hydrogens is 391 g/mol. The van der Waals surface area contributed by atoms with Gasteiger partial charge in [-0.3, -0.25) is 4.79 Å². The normalized spacial score (nSPS) is 24.9. The summed E-state index contributed by atoms with van der Waals surface area (Å²) < 4.78 is 46.3. The average molecular weight is 410 g/mol. The number of sulfonamides is 1. The molecule has 2 heterocycles. The highest BCUT2D eigenvalue weighted by molar-refractivity contribution is 7.89. The number of fused-ring (bicyclic) bond motifs is 2. The highest BCUT2D eigenvalue weighted by Gasteiger charge is 2.50. The summed E-state index contributed by atoms with van der Waals surface area (Å²) in [6, 6.07) is 6.81. The Bertz CT molecular complexity index is 962. The van der Waals surface area contributed by atoms with Crippen molar-refractivity contribution in [2.24, 2.45) is 5.92 Å². The van der Waals surface area contributed by atoms with Crippen molar-refractivity contribution in [1.29, 1.82) is 0 Å². The Kier molecular flexibility index (Phi) is 4.69. The zero-order valence-corrected chi connectivity index (χ0v) is 16.2. The number of nitrogens with zero attached hydrogens (tertiary/aromatic N) is 1. The van der Waals surface area contributed by atoms with E-state index in [1.54, 1.807) is 6.07 Å². The lowest BCUT2D eigenvalue weighted by atomic mass is 10.0. The molecule has 0 unspecified atom stereocenters. The maximum Gasteiger partial charge on any atom is 0.261 e. The fraction of sp³-hybridized carbons (Fsp3) is 0.389. The van der Waals surface area contributed by atoms with E-state index in [1.807, 2.05) is 11.4 Å². The topological polar surface area (TPSA) is 75.7 Å². The van der Waals surface area contributed by atoms with E-state index in [1.165, 1.54) is 34.9 Å². The standard InChI is InChI=1S/C18H19FN2O4S2/c1-25-15-5-4-12(19)8-17(15)27(23,24)21-10-11-7-13(21)9-14(11)20-18(22)16-3-2-6-26-16/h2-6,8,11,13-14H,7,9-10H2,1H3,(H,20,22)/t11-,13-,14-/m0/s1. The number of thiophene rings is 1. The Morgan fingerprint density at radius 3 is 2.78 bits per heavy atom. The first-order valence-corrected chi connectivity index (χ1v) is 10.9. The molecule has 2 fully saturated rings. The van der Waals surface area contributed by atoms with Crippen LogP contribution >= 0.6 is 11.3 Å². The summed E-state index contributed by atoms with van der Waals surface area (Å²) in [5, 5.41) is 4.87. The number of benzene rings is 1. The zero-order valence-electron chi connectivity index (χ0n) is 14.6. The maximum absolute atomic E-state index is 13.6. The van der Waals surface area contributed by atoms with Crippen LogP contribution in [0.2, 0.25) is 0 Å². The summed E-state index contributed by atoms with van der Waals surface area (Å²) >= 11 is 1.37. The van der Waals surface area contributed by atoms with Gasteiger partial charge in [0.25, 0.3) is 5.91 Å². The number of carbonyl (C=O) groups excluding carboxylic acids is 1. The monoisotopic (exact) mass is 410 g/mol. The molecular formula is C18H19FN2O4S2. The number of ether oxygens (including phenoxy) is 1. The number of rotatable bonds is 5. The summed E-state index contributed by atoms with van der Waals surface area (Å²) in [7, 11) is -2.51. The highest BCUT2D eigenvalue weighted by Crippen LogP contribution is 2.42. The van der Waals surface area contributed by atoms with Crippen LogP contribution in [0.3, 0.4) is 0 Å². The Labute approximate surface area is 161 Å². The fourth-order valence-corrected chi connectivity index (χ4v) is 6.51. The number of hydrogen-bond acceptors (Lipinski definition) is 5. The van der Waals surface area contributed by atoms with Gasteiger partial charge in [0.1, 0.15) is 16.5 Å². The van der Waals surface area contributed by atoms with Gasteiger partial charge in [0.15, 0.2) is 0 Å². The van der Waals surface area contributed by atoms with Crippen LogP contribution in [-0.2, 0) is 10.0 Å². The van der Waals surface area contributed by atoms with E-state index in [0.29, 0.717) is 24.3 Å². The van der Waals surface area contributed by atoms with E-state index >= 15 is 0 Å². The SMILES string of the molecule is COc1ccc(F)cc1S(=O)(=O)N1C[C@@H]2C[C@H]1C[C@@H]2NC(=O)c1cccs1. The number of halogens is 1. The van der Waals surface area contributed by atoms with Crippen molar-refractivity contribution < 1.29 is 22.3 Å². The van der Waals surface area contributed by atoms with Gasteiger partial charge in [0.05, 0.1) is 12.0 Å². The molecule has 2 bridgehead atoms. The van der Waals surface area contributed by atoms with Crippen molar-refractivity contribution in [2.75, 3.05) is 13.7 Å². The summed E-state index contributed by atoms with van der Waals surface area (Å²) in [5.41, 5.74) is 0. The summed E-state index contributed by atoms with van der Waals surface area (Å²) in [4.78, 5) is 12.8. The molecule has 2 aliphatic rings.